The van der Waals surface area contributed by atoms with Gasteiger partial charge in [0.15, 0.2) is 6.49 Å². The second-order valence-corrected chi connectivity index (χ2v) is 7.18. The van der Waals surface area contributed by atoms with Gasteiger partial charge in [0.1, 0.15) is 0 Å². The van der Waals surface area contributed by atoms with Crippen molar-refractivity contribution in [1.29, 1.82) is 0 Å². The molecule has 0 atom stereocenters. The van der Waals surface area contributed by atoms with Crippen LogP contribution in [0.5, 0.6) is 0 Å². The standard InChI is InChI=1S/C8H19O2PS/c1-6-11(12,9-7(2)3)10-8(4)5/h7-8H,6H2,1-5H3. The molecule has 12 heavy (non-hydrogen) atoms. The summed E-state index contributed by atoms with van der Waals surface area (Å²) < 4.78 is 11.2. The molecule has 0 saturated heterocycles. The molecule has 0 saturated carbocycles. The fraction of sp³-hybridized carbons (Fsp3) is 1.00. The van der Waals surface area contributed by atoms with Crippen molar-refractivity contribution in [3.05, 3.63) is 0 Å². The molecule has 0 aliphatic rings. The maximum Gasteiger partial charge on any atom is 0.188 e. The van der Waals surface area contributed by atoms with Crippen LogP contribution in [0, 0.1) is 0 Å². The van der Waals surface area contributed by atoms with Crippen molar-refractivity contribution in [3.63, 3.8) is 0 Å². The van der Waals surface area contributed by atoms with Crippen LogP contribution < -0.4 is 0 Å². The van der Waals surface area contributed by atoms with Gasteiger partial charge in [0, 0.05) is 6.16 Å². The van der Waals surface area contributed by atoms with E-state index in [1.807, 2.05) is 34.6 Å². The summed E-state index contributed by atoms with van der Waals surface area (Å²) in [5.41, 5.74) is 0. The quantitative estimate of drug-likeness (QED) is 0.649. The molecule has 2 nitrogen and oxygen atoms in total. The van der Waals surface area contributed by atoms with Crippen molar-refractivity contribution >= 4 is 18.3 Å². The zero-order valence-corrected chi connectivity index (χ0v) is 10.2. The van der Waals surface area contributed by atoms with Crippen LogP contribution in [0.15, 0.2) is 0 Å². The van der Waals surface area contributed by atoms with Crippen LogP contribution >= 0.6 is 6.49 Å². The molecule has 0 radical (unpaired) electrons. The van der Waals surface area contributed by atoms with Crippen LogP contribution in [-0.2, 0) is 20.9 Å². The molecular weight excluding hydrogens is 191 g/mol. The molecule has 0 bridgehead atoms. The van der Waals surface area contributed by atoms with Gasteiger partial charge in [-0.2, -0.15) is 0 Å². The largest absolute Gasteiger partial charge is 0.327 e. The van der Waals surface area contributed by atoms with E-state index in [1.165, 1.54) is 0 Å². The van der Waals surface area contributed by atoms with Gasteiger partial charge in [-0.3, -0.25) is 0 Å². The van der Waals surface area contributed by atoms with E-state index in [9.17, 15) is 0 Å². The Bertz CT molecular complexity index is 154. The molecule has 0 aliphatic carbocycles. The molecule has 0 aromatic rings. The molecule has 0 heterocycles. The smallest absolute Gasteiger partial charge is 0.188 e. The lowest BCUT2D eigenvalue weighted by Gasteiger charge is -2.25. The lowest BCUT2D eigenvalue weighted by molar-refractivity contribution is 0.176. The summed E-state index contributed by atoms with van der Waals surface area (Å²) in [7, 11) is 0. The van der Waals surface area contributed by atoms with Gasteiger partial charge in [0.05, 0.1) is 12.2 Å². The third-order valence-corrected chi connectivity index (χ3v) is 4.68. The van der Waals surface area contributed by atoms with Gasteiger partial charge in [-0.1, -0.05) is 6.92 Å². The summed E-state index contributed by atoms with van der Waals surface area (Å²) in [6, 6.07) is 0. The average molecular weight is 210 g/mol. The zero-order chi connectivity index (χ0) is 9.78. The highest BCUT2D eigenvalue weighted by atomic mass is 32.5. The number of rotatable bonds is 5. The third kappa shape index (κ3) is 5.26. The van der Waals surface area contributed by atoms with Gasteiger partial charge in [0.25, 0.3) is 0 Å². The fourth-order valence-corrected chi connectivity index (χ4v) is 3.48. The molecule has 0 rings (SSSR count). The fourth-order valence-electron chi connectivity index (χ4n) is 0.816. The summed E-state index contributed by atoms with van der Waals surface area (Å²) in [6.45, 7) is 7.99. The first kappa shape index (κ1) is 12.6. The number of hydrogen-bond donors (Lipinski definition) is 0. The summed E-state index contributed by atoms with van der Waals surface area (Å²) in [5, 5.41) is 0. The van der Waals surface area contributed by atoms with Crippen LogP contribution in [0.25, 0.3) is 0 Å². The Hall–Kier alpha value is 0.570. The second-order valence-electron chi connectivity index (χ2n) is 3.24. The highest BCUT2D eigenvalue weighted by Gasteiger charge is 2.19. The molecule has 0 aromatic carbocycles. The van der Waals surface area contributed by atoms with Crippen molar-refractivity contribution in [2.75, 3.05) is 6.16 Å². The minimum atomic E-state index is -1.98. The molecule has 0 fully saturated rings. The molecule has 0 aliphatic heterocycles. The SMILES string of the molecule is CCP(=S)(OC(C)C)OC(C)C. The minimum absolute atomic E-state index is 0.162. The maximum absolute atomic E-state index is 5.60. The molecule has 0 aromatic heterocycles. The molecule has 0 amide bonds. The van der Waals surface area contributed by atoms with Crippen LogP contribution in [0.1, 0.15) is 34.6 Å². The van der Waals surface area contributed by atoms with Crippen molar-refractivity contribution in [1.82, 2.24) is 0 Å². The summed E-state index contributed by atoms with van der Waals surface area (Å²) in [6.07, 6.45) is 1.13. The predicted molar refractivity (Wildman–Crippen MR) is 57.3 cm³/mol. The average Bonchev–Trinajstić information content (AvgIpc) is 1.83. The van der Waals surface area contributed by atoms with E-state index < -0.39 is 6.49 Å². The Balaban J connectivity index is 4.15. The summed E-state index contributed by atoms with van der Waals surface area (Å²) in [4.78, 5) is 0. The lowest BCUT2D eigenvalue weighted by Crippen LogP contribution is -2.08. The normalized spacial score (nSPS) is 12.9. The Kier molecular flexibility index (Phi) is 5.59. The lowest BCUT2D eigenvalue weighted by atomic mass is 10.5. The first-order chi connectivity index (χ1) is 5.39. The monoisotopic (exact) mass is 210 g/mol. The van der Waals surface area contributed by atoms with E-state index in [0.717, 1.165) is 6.16 Å². The second kappa shape index (κ2) is 5.33. The first-order valence-electron chi connectivity index (χ1n) is 4.35. The van der Waals surface area contributed by atoms with E-state index in [4.69, 9.17) is 20.9 Å². The van der Waals surface area contributed by atoms with E-state index in [2.05, 4.69) is 0 Å². The van der Waals surface area contributed by atoms with E-state index in [-0.39, 0.29) is 12.2 Å². The highest BCUT2D eigenvalue weighted by Crippen LogP contribution is 2.50. The maximum atomic E-state index is 5.60. The molecule has 4 heteroatoms. The Labute approximate surface area is 80.8 Å². The highest BCUT2D eigenvalue weighted by molar-refractivity contribution is 8.09. The Morgan fingerprint density at radius 1 is 1.08 bits per heavy atom. The van der Waals surface area contributed by atoms with Crippen LogP contribution in [0.4, 0.5) is 0 Å². The van der Waals surface area contributed by atoms with E-state index in [1.54, 1.807) is 0 Å². The Morgan fingerprint density at radius 2 is 1.42 bits per heavy atom. The van der Waals surface area contributed by atoms with Gasteiger partial charge in [-0.15, -0.1) is 0 Å². The molecule has 0 spiro atoms. The van der Waals surface area contributed by atoms with Crippen molar-refractivity contribution < 1.29 is 9.05 Å². The minimum Gasteiger partial charge on any atom is -0.327 e. The van der Waals surface area contributed by atoms with Gasteiger partial charge in [-0.05, 0) is 39.5 Å². The molecule has 74 valence electrons. The van der Waals surface area contributed by atoms with Crippen molar-refractivity contribution in [3.8, 4) is 0 Å². The zero-order valence-electron chi connectivity index (χ0n) is 8.53. The predicted octanol–water partition coefficient (Wildman–Crippen LogP) is 3.17. The molecule has 0 N–H and O–H groups in total. The van der Waals surface area contributed by atoms with E-state index in [0.29, 0.717) is 0 Å². The first-order valence-corrected chi connectivity index (χ1v) is 7.18. The molecular formula is C8H19O2PS. The van der Waals surface area contributed by atoms with Crippen molar-refractivity contribution in [2.24, 2.45) is 0 Å². The number of hydrogen-bond acceptors (Lipinski definition) is 3. The van der Waals surface area contributed by atoms with Crippen molar-refractivity contribution in [2.45, 2.75) is 46.8 Å². The van der Waals surface area contributed by atoms with Gasteiger partial charge in [0.2, 0.25) is 0 Å². The molecule has 0 unspecified atom stereocenters. The third-order valence-electron chi connectivity index (χ3n) is 1.13. The Morgan fingerprint density at radius 3 is 1.58 bits per heavy atom. The summed E-state index contributed by atoms with van der Waals surface area (Å²) >= 11 is 5.32. The van der Waals surface area contributed by atoms with Gasteiger partial charge in [-0.25, -0.2) is 0 Å². The van der Waals surface area contributed by atoms with Gasteiger partial charge < -0.3 is 9.05 Å². The van der Waals surface area contributed by atoms with Crippen LogP contribution in [0.2, 0.25) is 0 Å². The summed E-state index contributed by atoms with van der Waals surface area (Å²) in [5.74, 6) is 0. The van der Waals surface area contributed by atoms with E-state index >= 15 is 0 Å². The van der Waals surface area contributed by atoms with Crippen LogP contribution in [-0.4, -0.2) is 18.4 Å². The topological polar surface area (TPSA) is 18.5 Å². The van der Waals surface area contributed by atoms with Gasteiger partial charge >= 0.3 is 0 Å². The van der Waals surface area contributed by atoms with Crippen LogP contribution in [0.3, 0.4) is 0 Å².